The lowest BCUT2D eigenvalue weighted by Crippen LogP contribution is -2.42. The molecule has 0 aromatic carbocycles. The molecule has 1 aliphatic carbocycles. The third-order valence-corrected chi connectivity index (χ3v) is 7.00. The summed E-state index contributed by atoms with van der Waals surface area (Å²) in [6.45, 7) is 0.981. The normalized spacial score (nSPS) is 25.7. The van der Waals surface area contributed by atoms with E-state index in [-0.39, 0.29) is 12.1 Å². The number of aliphatic hydroxyl groups is 1. The van der Waals surface area contributed by atoms with Crippen LogP contribution in [0.4, 0.5) is 5.95 Å². The summed E-state index contributed by atoms with van der Waals surface area (Å²) in [5.74, 6) is 0.876. The Hall–Kier alpha value is -0.970. The summed E-state index contributed by atoms with van der Waals surface area (Å²) in [7, 11) is -3.13. The first-order valence-corrected chi connectivity index (χ1v) is 12.1. The Labute approximate surface area is 168 Å². The lowest BCUT2D eigenvalue weighted by molar-refractivity contribution is 0.0288. The molecule has 0 amide bonds. The van der Waals surface area contributed by atoms with Crippen LogP contribution in [0.25, 0.3) is 0 Å². The Morgan fingerprint density at radius 2 is 1.93 bits per heavy atom. The van der Waals surface area contributed by atoms with Gasteiger partial charge in [-0.3, -0.25) is 0 Å². The molecule has 1 aliphatic heterocycles. The molecule has 0 radical (unpaired) electrons. The molecule has 0 bridgehead atoms. The van der Waals surface area contributed by atoms with Gasteiger partial charge >= 0.3 is 0 Å². The van der Waals surface area contributed by atoms with Crippen LogP contribution in [0.15, 0.2) is 10.7 Å². The summed E-state index contributed by atoms with van der Waals surface area (Å²) in [5, 5.41) is 13.5. The van der Waals surface area contributed by atoms with Crippen LogP contribution in [0.3, 0.4) is 0 Å². The molecular formula is C17H27BrN4O4S. The van der Waals surface area contributed by atoms with Crippen molar-refractivity contribution in [3.05, 3.63) is 10.7 Å². The number of anilines is 1. The number of aromatic nitrogens is 2. The molecule has 0 unspecified atom stereocenters. The summed E-state index contributed by atoms with van der Waals surface area (Å²) in [4.78, 5) is 8.75. The summed E-state index contributed by atoms with van der Waals surface area (Å²) in [5.41, 5.74) is 0. The first-order valence-electron chi connectivity index (χ1n) is 9.42. The van der Waals surface area contributed by atoms with Crippen molar-refractivity contribution in [1.82, 2.24) is 14.3 Å². The van der Waals surface area contributed by atoms with Crippen LogP contribution in [0.1, 0.15) is 44.9 Å². The molecule has 2 fully saturated rings. The highest BCUT2D eigenvalue weighted by atomic mass is 79.9. The van der Waals surface area contributed by atoms with Gasteiger partial charge < -0.3 is 15.2 Å². The fourth-order valence-corrected chi connectivity index (χ4v) is 4.71. The summed E-state index contributed by atoms with van der Waals surface area (Å²) in [6, 6.07) is 0.112. The number of hydrogen-bond acceptors (Lipinski definition) is 7. The predicted molar refractivity (Wildman–Crippen MR) is 106 cm³/mol. The Morgan fingerprint density at radius 1 is 1.22 bits per heavy atom. The minimum atomic E-state index is -3.13. The third kappa shape index (κ3) is 5.75. The van der Waals surface area contributed by atoms with E-state index in [0.717, 1.165) is 32.1 Å². The molecule has 3 rings (SSSR count). The van der Waals surface area contributed by atoms with Gasteiger partial charge in [0.2, 0.25) is 21.9 Å². The first kappa shape index (κ1) is 20.8. The number of rotatable bonds is 5. The lowest BCUT2D eigenvalue weighted by Gasteiger charge is -2.30. The van der Waals surface area contributed by atoms with Gasteiger partial charge in [-0.25, -0.2) is 17.7 Å². The topological polar surface area (TPSA) is 105 Å². The maximum atomic E-state index is 11.6. The second-order valence-corrected chi connectivity index (χ2v) is 10.1. The molecule has 8 nitrogen and oxygen atoms in total. The van der Waals surface area contributed by atoms with Crippen molar-refractivity contribution in [1.29, 1.82) is 0 Å². The third-order valence-electron chi connectivity index (χ3n) is 5.15. The van der Waals surface area contributed by atoms with Crippen molar-refractivity contribution >= 4 is 31.9 Å². The van der Waals surface area contributed by atoms with E-state index in [1.807, 2.05) is 0 Å². The van der Waals surface area contributed by atoms with Gasteiger partial charge in [-0.1, -0.05) is 12.8 Å². The van der Waals surface area contributed by atoms with Gasteiger partial charge in [0.05, 0.1) is 23.0 Å². The van der Waals surface area contributed by atoms with Gasteiger partial charge in [0.1, 0.15) is 6.10 Å². The Bertz CT molecular complexity index is 740. The second kappa shape index (κ2) is 9.02. The molecule has 2 heterocycles. The minimum absolute atomic E-state index is 0.112. The minimum Gasteiger partial charge on any atom is -0.471 e. The number of aliphatic hydroxyl groups excluding tert-OH is 1. The van der Waals surface area contributed by atoms with E-state index in [9.17, 15) is 13.5 Å². The fourth-order valence-electron chi connectivity index (χ4n) is 3.55. The molecule has 1 saturated heterocycles. The highest BCUT2D eigenvalue weighted by Crippen LogP contribution is 2.28. The average molecular weight is 463 g/mol. The molecular weight excluding hydrogens is 436 g/mol. The molecule has 152 valence electrons. The number of halogens is 1. The van der Waals surface area contributed by atoms with E-state index in [4.69, 9.17) is 4.74 Å². The number of ether oxygens (including phenoxy) is 1. The molecule has 2 N–H and O–H groups in total. The van der Waals surface area contributed by atoms with Crippen LogP contribution in [0.2, 0.25) is 0 Å². The van der Waals surface area contributed by atoms with E-state index >= 15 is 0 Å². The molecule has 0 spiro atoms. The lowest BCUT2D eigenvalue weighted by atomic mass is 10.1. The summed E-state index contributed by atoms with van der Waals surface area (Å²) < 4.78 is 31.4. The zero-order chi connectivity index (χ0) is 19.4. The van der Waals surface area contributed by atoms with E-state index in [1.165, 1.54) is 10.6 Å². The monoisotopic (exact) mass is 462 g/mol. The van der Waals surface area contributed by atoms with Crippen molar-refractivity contribution in [3.63, 3.8) is 0 Å². The molecule has 27 heavy (non-hydrogen) atoms. The van der Waals surface area contributed by atoms with Gasteiger partial charge in [-0.05, 0) is 48.0 Å². The van der Waals surface area contributed by atoms with Crippen molar-refractivity contribution in [2.24, 2.45) is 0 Å². The number of sulfonamides is 1. The van der Waals surface area contributed by atoms with Crippen LogP contribution in [-0.2, 0) is 10.0 Å². The second-order valence-electron chi connectivity index (χ2n) is 7.29. The first-order chi connectivity index (χ1) is 12.8. The van der Waals surface area contributed by atoms with Crippen LogP contribution >= 0.6 is 15.9 Å². The SMILES string of the molecule is CS(=O)(=O)N1CCC(Nc2ncc(Br)c(O[C@H]3CCCCC[C@H]3O)n2)CC1. The van der Waals surface area contributed by atoms with E-state index < -0.39 is 16.1 Å². The highest BCUT2D eigenvalue weighted by molar-refractivity contribution is 9.10. The van der Waals surface area contributed by atoms with Crippen molar-refractivity contribution < 1.29 is 18.3 Å². The predicted octanol–water partition coefficient (Wildman–Crippen LogP) is 2.15. The largest absolute Gasteiger partial charge is 0.471 e. The van der Waals surface area contributed by atoms with Gasteiger partial charge in [-0.2, -0.15) is 4.98 Å². The molecule has 1 aromatic rings. The average Bonchev–Trinajstić information content (AvgIpc) is 2.82. The molecule has 2 atom stereocenters. The van der Waals surface area contributed by atoms with E-state index in [2.05, 4.69) is 31.2 Å². The van der Waals surface area contributed by atoms with E-state index in [0.29, 0.717) is 42.2 Å². The van der Waals surface area contributed by atoms with Crippen molar-refractivity contribution in [2.75, 3.05) is 24.7 Å². The number of hydrogen-bond donors (Lipinski definition) is 2. The zero-order valence-corrected chi connectivity index (χ0v) is 17.9. The summed E-state index contributed by atoms with van der Waals surface area (Å²) in [6.07, 6.45) is 8.26. The smallest absolute Gasteiger partial charge is 0.233 e. The van der Waals surface area contributed by atoms with Gasteiger partial charge in [0.15, 0.2) is 0 Å². The molecule has 1 aromatic heterocycles. The quantitative estimate of drug-likeness (QED) is 0.645. The Morgan fingerprint density at radius 3 is 2.63 bits per heavy atom. The number of piperidine rings is 1. The maximum absolute atomic E-state index is 11.6. The number of nitrogens with zero attached hydrogens (tertiary/aromatic N) is 3. The Balaban J connectivity index is 1.62. The zero-order valence-electron chi connectivity index (χ0n) is 15.5. The van der Waals surface area contributed by atoms with Crippen molar-refractivity contribution in [2.45, 2.75) is 63.2 Å². The van der Waals surface area contributed by atoms with Crippen LogP contribution in [0.5, 0.6) is 5.88 Å². The molecule has 10 heteroatoms. The van der Waals surface area contributed by atoms with Crippen LogP contribution < -0.4 is 10.1 Å². The molecule has 1 saturated carbocycles. The summed E-state index contributed by atoms with van der Waals surface area (Å²) >= 11 is 3.42. The number of nitrogens with one attached hydrogen (secondary N) is 1. The standard InChI is InChI=1S/C17H27BrN4O4S/c1-27(24,25)22-9-7-12(8-10-22)20-17-19-11-13(18)16(21-17)26-15-6-4-2-3-5-14(15)23/h11-12,14-15,23H,2-10H2,1H3,(H,19,20,21)/t14-,15+/m1/s1. The Kier molecular flexibility index (Phi) is 6.93. The van der Waals surface area contributed by atoms with Crippen LogP contribution in [0, 0.1) is 0 Å². The highest BCUT2D eigenvalue weighted by Gasteiger charge is 2.27. The maximum Gasteiger partial charge on any atom is 0.233 e. The van der Waals surface area contributed by atoms with Gasteiger partial charge in [0.25, 0.3) is 0 Å². The molecule has 2 aliphatic rings. The van der Waals surface area contributed by atoms with Gasteiger partial charge in [-0.15, -0.1) is 0 Å². The fraction of sp³-hybridized carbons (Fsp3) is 0.765. The van der Waals surface area contributed by atoms with Gasteiger partial charge in [0, 0.05) is 19.1 Å². The van der Waals surface area contributed by atoms with E-state index in [1.54, 1.807) is 6.20 Å². The van der Waals surface area contributed by atoms with Crippen LogP contribution in [-0.4, -0.2) is 65.4 Å². The van der Waals surface area contributed by atoms with Crippen molar-refractivity contribution in [3.8, 4) is 5.88 Å².